The van der Waals surface area contributed by atoms with E-state index in [1.54, 1.807) is 0 Å². The van der Waals surface area contributed by atoms with Crippen molar-refractivity contribution in [2.75, 3.05) is 5.32 Å². The second kappa shape index (κ2) is 6.74. The first-order chi connectivity index (χ1) is 10.4. The van der Waals surface area contributed by atoms with Crippen molar-refractivity contribution in [1.29, 1.82) is 0 Å². The third kappa shape index (κ3) is 4.42. The fraction of sp³-hybridized carbons (Fsp3) is 0.333. The molecule has 2 rings (SSSR count). The van der Waals surface area contributed by atoms with Crippen LogP contribution in [0.3, 0.4) is 0 Å². The van der Waals surface area contributed by atoms with Gasteiger partial charge in [-0.2, -0.15) is 13.2 Å². The van der Waals surface area contributed by atoms with Crippen LogP contribution >= 0.6 is 0 Å². The Morgan fingerprint density at radius 3 is 2.32 bits per heavy atom. The first-order valence-electron chi connectivity index (χ1n) is 6.76. The lowest BCUT2D eigenvalue weighted by Crippen LogP contribution is -2.20. The molecule has 118 valence electrons. The molecule has 0 saturated heterocycles. The minimum Gasteiger partial charge on any atom is -0.388 e. The molecule has 0 fully saturated rings. The maximum atomic E-state index is 12.4. The molecule has 4 nitrogen and oxygen atoms in total. The van der Waals surface area contributed by atoms with E-state index in [0.29, 0.717) is 6.42 Å². The van der Waals surface area contributed by atoms with Crippen LogP contribution in [0, 0.1) is 0 Å². The summed E-state index contributed by atoms with van der Waals surface area (Å²) in [7, 11) is 0. The highest BCUT2D eigenvalue weighted by molar-refractivity contribution is 5.34. The van der Waals surface area contributed by atoms with Gasteiger partial charge in [0.1, 0.15) is 5.82 Å². The van der Waals surface area contributed by atoms with Crippen molar-refractivity contribution >= 4 is 5.82 Å². The van der Waals surface area contributed by atoms with Crippen molar-refractivity contribution in [3.05, 3.63) is 53.7 Å². The molecule has 2 unspecified atom stereocenters. The van der Waals surface area contributed by atoms with E-state index in [1.165, 1.54) is 6.07 Å². The number of aliphatic hydroxyl groups is 1. The number of alkyl halides is 3. The molecule has 0 aliphatic heterocycles. The predicted molar refractivity (Wildman–Crippen MR) is 76.1 cm³/mol. The maximum absolute atomic E-state index is 12.4. The molecule has 7 heteroatoms. The van der Waals surface area contributed by atoms with Crippen LogP contribution in [0.25, 0.3) is 0 Å². The highest BCUT2D eigenvalue weighted by atomic mass is 19.4. The maximum Gasteiger partial charge on any atom is 0.435 e. The monoisotopic (exact) mass is 311 g/mol. The average Bonchev–Trinajstić information content (AvgIpc) is 2.47. The molecule has 0 aliphatic carbocycles. The van der Waals surface area contributed by atoms with Gasteiger partial charge in [0.2, 0.25) is 0 Å². The highest BCUT2D eigenvalue weighted by Gasteiger charge is 2.32. The average molecular weight is 311 g/mol. The van der Waals surface area contributed by atoms with E-state index in [0.717, 1.165) is 11.6 Å². The highest BCUT2D eigenvalue weighted by Crippen LogP contribution is 2.27. The van der Waals surface area contributed by atoms with E-state index in [4.69, 9.17) is 0 Å². The summed E-state index contributed by atoms with van der Waals surface area (Å²) in [6.45, 7) is 1.81. The zero-order chi connectivity index (χ0) is 16.2. The number of aromatic nitrogens is 2. The van der Waals surface area contributed by atoms with Crippen molar-refractivity contribution < 1.29 is 18.3 Å². The molecule has 1 aromatic carbocycles. The number of aliphatic hydroxyl groups excluding tert-OH is 1. The molecule has 0 amide bonds. The van der Waals surface area contributed by atoms with Crippen LogP contribution in [0.15, 0.2) is 42.5 Å². The van der Waals surface area contributed by atoms with Crippen molar-refractivity contribution in [1.82, 2.24) is 10.2 Å². The first-order valence-corrected chi connectivity index (χ1v) is 6.76. The Hall–Kier alpha value is -2.15. The topological polar surface area (TPSA) is 58.0 Å². The standard InChI is InChI=1S/C15H16F3N3O/c1-10(9-12(22)11-5-3-2-4-6-11)19-14-8-7-13(20-21-14)15(16,17)18/h2-8,10,12,22H,9H2,1H3,(H,19,21). The van der Waals surface area contributed by atoms with E-state index < -0.39 is 18.0 Å². The molecule has 22 heavy (non-hydrogen) atoms. The summed E-state index contributed by atoms with van der Waals surface area (Å²) in [5, 5.41) is 19.7. The van der Waals surface area contributed by atoms with Crippen LogP contribution in [0.5, 0.6) is 0 Å². The fourth-order valence-corrected chi connectivity index (χ4v) is 2.02. The largest absolute Gasteiger partial charge is 0.435 e. The fourth-order valence-electron chi connectivity index (χ4n) is 2.02. The van der Waals surface area contributed by atoms with Gasteiger partial charge in [-0.3, -0.25) is 0 Å². The van der Waals surface area contributed by atoms with Crippen LogP contribution in [0.4, 0.5) is 19.0 Å². The molecule has 1 aromatic heterocycles. The van der Waals surface area contributed by atoms with E-state index >= 15 is 0 Å². The molecule has 1 heterocycles. The van der Waals surface area contributed by atoms with Gasteiger partial charge < -0.3 is 10.4 Å². The van der Waals surface area contributed by atoms with Gasteiger partial charge in [0.15, 0.2) is 5.69 Å². The Morgan fingerprint density at radius 2 is 1.77 bits per heavy atom. The third-order valence-corrected chi connectivity index (χ3v) is 3.11. The smallest absolute Gasteiger partial charge is 0.388 e. The summed E-state index contributed by atoms with van der Waals surface area (Å²) >= 11 is 0. The Bertz CT molecular complexity index is 587. The van der Waals surface area contributed by atoms with Gasteiger partial charge in [-0.1, -0.05) is 30.3 Å². The SMILES string of the molecule is CC(CC(O)c1ccccc1)Nc1ccc(C(F)(F)F)nn1. The quantitative estimate of drug-likeness (QED) is 0.888. The van der Waals surface area contributed by atoms with Gasteiger partial charge >= 0.3 is 6.18 Å². The summed E-state index contributed by atoms with van der Waals surface area (Å²) in [6.07, 6.45) is -4.76. The summed E-state index contributed by atoms with van der Waals surface area (Å²) in [5.74, 6) is 0.237. The van der Waals surface area contributed by atoms with E-state index in [-0.39, 0.29) is 11.9 Å². The van der Waals surface area contributed by atoms with Gasteiger partial charge in [0.25, 0.3) is 0 Å². The number of nitrogens with zero attached hydrogens (tertiary/aromatic N) is 2. The number of anilines is 1. The molecule has 2 aromatic rings. The summed E-state index contributed by atoms with van der Waals surface area (Å²) in [4.78, 5) is 0. The lowest BCUT2D eigenvalue weighted by molar-refractivity contribution is -0.141. The minimum atomic E-state index is -4.50. The predicted octanol–water partition coefficient (Wildman–Crippen LogP) is 3.42. The molecular weight excluding hydrogens is 295 g/mol. The number of halogens is 3. The van der Waals surface area contributed by atoms with Crippen molar-refractivity contribution in [2.45, 2.75) is 31.7 Å². The lowest BCUT2D eigenvalue weighted by Gasteiger charge is -2.18. The molecule has 2 atom stereocenters. The second-order valence-corrected chi connectivity index (χ2v) is 5.01. The van der Waals surface area contributed by atoms with Crippen molar-refractivity contribution in [2.24, 2.45) is 0 Å². The van der Waals surface area contributed by atoms with Crippen LogP contribution in [0.2, 0.25) is 0 Å². The van der Waals surface area contributed by atoms with Gasteiger partial charge in [-0.25, -0.2) is 0 Å². The third-order valence-electron chi connectivity index (χ3n) is 3.11. The molecule has 0 aliphatic rings. The van der Waals surface area contributed by atoms with E-state index in [9.17, 15) is 18.3 Å². The Morgan fingerprint density at radius 1 is 1.09 bits per heavy atom. The number of rotatable bonds is 5. The molecule has 2 N–H and O–H groups in total. The van der Waals surface area contributed by atoms with Crippen LogP contribution in [-0.4, -0.2) is 21.3 Å². The Balaban J connectivity index is 1.93. The Labute approximate surface area is 126 Å². The van der Waals surface area contributed by atoms with Gasteiger partial charge in [0, 0.05) is 6.04 Å². The van der Waals surface area contributed by atoms with E-state index in [1.807, 2.05) is 37.3 Å². The van der Waals surface area contributed by atoms with Crippen LogP contribution in [0.1, 0.15) is 30.7 Å². The van der Waals surface area contributed by atoms with Gasteiger partial charge in [0.05, 0.1) is 6.10 Å². The van der Waals surface area contributed by atoms with Gasteiger partial charge in [-0.05, 0) is 31.0 Å². The summed E-state index contributed by atoms with van der Waals surface area (Å²) in [6, 6.07) is 11.1. The first kappa shape index (κ1) is 16.2. The molecule has 0 bridgehead atoms. The zero-order valence-electron chi connectivity index (χ0n) is 11.9. The van der Waals surface area contributed by atoms with Crippen LogP contribution < -0.4 is 5.32 Å². The summed E-state index contributed by atoms with van der Waals surface area (Å²) in [5.41, 5.74) is -0.246. The van der Waals surface area contributed by atoms with Crippen molar-refractivity contribution in [3.8, 4) is 0 Å². The lowest BCUT2D eigenvalue weighted by atomic mass is 10.0. The molecule has 0 spiro atoms. The second-order valence-electron chi connectivity index (χ2n) is 5.01. The number of hydrogen-bond donors (Lipinski definition) is 2. The molecular formula is C15H16F3N3O. The van der Waals surface area contributed by atoms with Crippen molar-refractivity contribution in [3.63, 3.8) is 0 Å². The van der Waals surface area contributed by atoms with Gasteiger partial charge in [-0.15, -0.1) is 10.2 Å². The molecule has 0 radical (unpaired) electrons. The zero-order valence-corrected chi connectivity index (χ0v) is 11.9. The minimum absolute atomic E-state index is 0.179. The molecule has 0 saturated carbocycles. The number of nitrogens with one attached hydrogen (secondary N) is 1. The van der Waals surface area contributed by atoms with Crippen LogP contribution in [-0.2, 0) is 6.18 Å². The number of hydrogen-bond acceptors (Lipinski definition) is 4. The summed E-state index contributed by atoms with van der Waals surface area (Å²) < 4.78 is 37.2. The number of benzene rings is 1. The normalized spacial score (nSPS) is 14.4. The van der Waals surface area contributed by atoms with E-state index in [2.05, 4.69) is 15.5 Å². The Kier molecular flexibility index (Phi) is 4.97.